The summed E-state index contributed by atoms with van der Waals surface area (Å²) >= 11 is 0. The third-order valence-corrected chi connectivity index (χ3v) is 5.19. The monoisotopic (exact) mass is 423 g/mol. The maximum atomic E-state index is 12.8. The molecule has 6 heteroatoms. The van der Waals surface area contributed by atoms with E-state index >= 15 is 0 Å². The number of rotatable bonds is 8. The summed E-state index contributed by atoms with van der Waals surface area (Å²) in [7, 11) is 0. The van der Waals surface area contributed by atoms with E-state index in [2.05, 4.69) is 24.5 Å². The molecule has 0 unspecified atom stereocenters. The van der Waals surface area contributed by atoms with Gasteiger partial charge in [-0.2, -0.15) is 0 Å². The van der Waals surface area contributed by atoms with Gasteiger partial charge in [0.2, 0.25) is 5.91 Å². The number of anilines is 2. The smallest absolute Gasteiger partial charge is 0.253 e. The van der Waals surface area contributed by atoms with Crippen LogP contribution in [0.4, 0.5) is 11.4 Å². The SMILES string of the molecule is CC(C)COc1ccccc1NC(=O)CNc1cccc(C(=O)N2CCCCCC2)c1. The lowest BCUT2D eigenvalue weighted by Crippen LogP contribution is -2.31. The molecule has 1 saturated heterocycles. The number of para-hydroxylation sites is 2. The summed E-state index contributed by atoms with van der Waals surface area (Å²) in [6, 6.07) is 14.8. The van der Waals surface area contributed by atoms with E-state index in [1.807, 2.05) is 53.4 Å². The molecule has 0 spiro atoms. The average Bonchev–Trinajstić information content (AvgIpc) is 3.06. The highest BCUT2D eigenvalue weighted by Crippen LogP contribution is 2.24. The van der Waals surface area contributed by atoms with Crippen LogP contribution in [-0.4, -0.2) is 43.0 Å². The summed E-state index contributed by atoms with van der Waals surface area (Å²) in [6.07, 6.45) is 4.50. The molecule has 1 heterocycles. The lowest BCUT2D eigenvalue weighted by atomic mass is 10.1. The number of amides is 2. The molecule has 2 amide bonds. The molecule has 0 aliphatic carbocycles. The molecule has 0 bridgehead atoms. The number of benzene rings is 2. The Labute approximate surface area is 185 Å². The molecular formula is C25H33N3O3. The van der Waals surface area contributed by atoms with Crippen molar-refractivity contribution in [2.24, 2.45) is 5.92 Å². The van der Waals surface area contributed by atoms with Gasteiger partial charge < -0.3 is 20.3 Å². The first-order valence-electron chi connectivity index (χ1n) is 11.2. The normalized spacial score (nSPS) is 14.1. The largest absolute Gasteiger partial charge is 0.491 e. The number of carbonyl (C=O) groups is 2. The zero-order valence-corrected chi connectivity index (χ0v) is 18.5. The number of ether oxygens (including phenoxy) is 1. The highest BCUT2D eigenvalue weighted by Gasteiger charge is 2.17. The first-order chi connectivity index (χ1) is 15.0. The van der Waals surface area contributed by atoms with Crippen LogP contribution in [-0.2, 0) is 4.79 Å². The van der Waals surface area contributed by atoms with Crippen molar-refractivity contribution in [3.8, 4) is 5.75 Å². The quantitative estimate of drug-likeness (QED) is 0.641. The molecule has 31 heavy (non-hydrogen) atoms. The Hall–Kier alpha value is -3.02. The second kappa shape index (κ2) is 11.4. The first-order valence-corrected chi connectivity index (χ1v) is 11.2. The first kappa shape index (κ1) is 22.7. The van der Waals surface area contributed by atoms with E-state index in [-0.39, 0.29) is 18.4 Å². The topological polar surface area (TPSA) is 70.7 Å². The van der Waals surface area contributed by atoms with Gasteiger partial charge in [0.25, 0.3) is 5.91 Å². The number of likely N-dealkylation sites (tertiary alicyclic amines) is 1. The van der Waals surface area contributed by atoms with Gasteiger partial charge in [0.15, 0.2) is 0 Å². The third-order valence-electron chi connectivity index (χ3n) is 5.19. The summed E-state index contributed by atoms with van der Waals surface area (Å²) in [5, 5.41) is 6.02. The second-order valence-electron chi connectivity index (χ2n) is 8.39. The number of carbonyl (C=O) groups excluding carboxylic acids is 2. The summed E-state index contributed by atoms with van der Waals surface area (Å²) in [5.41, 5.74) is 2.06. The molecule has 2 aromatic carbocycles. The maximum absolute atomic E-state index is 12.8. The Bertz CT molecular complexity index is 874. The van der Waals surface area contributed by atoms with E-state index in [0.717, 1.165) is 31.6 Å². The van der Waals surface area contributed by atoms with E-state index < -0.39 is 0 Å². The highest BCUT2D eigenvalue weighted by atomic mass is 16.5. The minimum atomic E-state index is -0.176. The molecule has 1 aliphatic rings. The van der Waals surface area contributed by atoms with Crippen LogP contribution in [0.3, 0.4) is 0 Å². The minimum absolute atomic E-state index is 0.0613. The molecular weight excluding hydrogens is 390 g/mol. The molecule has 1 aliphatic heterocycles. The molecule has 166 valence electrons. The summed E-state index contributed by atoms with van der Waals surface area (Å²) in [6.45, 7) is 6.48. The molecule has 2 aromatic rings. The number of nitrogens with one attached hydrogen (secondary N) is 2. The van der Waals surface area contributed by atoms with Gasteiger partial charge in [-0.25, -0.2) is 0 Å². The van der Waals surface area contributed by atoms with Crippen LogP contribution in [0.1, 0.15) is 49.9 Å². The average molecular weight is 424 g/mol. The number of hydrogen-bond acceptors (Lipinski definition) is 4. The van der Waals surface area contributed by atoms with Crippen LogP contribution in [0.5, 0.6) is 5.75 Å². The van der Waals surface area contributed by atoms with Crippen LogP contribution in [0.15, 0.2) is 48.5 Å². The van der Waals surface area contributed by atoms with Crippen LogP contribution >= 0.6 is 0 Å². The maximum Gasteiger partial charge on any atom is 0.253 e. The van der Waals surface area contributed by atoms with Crippen molar-refractivity contribution < 1.29 is 14.3 Å². The van der Waals surface area contributed by atoms with Gasteiger partial charge in [0.05, 0.1) is 18.8 Å². The molecule has 2 N–H and O–H groups in total. The number of hydrogen-bond donors (Lipinski definition) is 2. The van der Waals surface area contributed by atoms with Crippen molar-refractivity contribution in [3.05, 3.63) is 54.1 Å². The number of nitrogens with zero attached hydrogens (tertiary/aromatic N) is 1. The van der Waals surface area contributed by atoms with Gasteiger partial charge in [-0.1, -0.05) is 44.9 Å². The van der Waals surface area contributed by atoms with Crippen molar-refractivity contribution in [3.63, 3.8) is 0 Å². The van der Waals surface area contributed by atoms with Crippen LogP contribution in [0, 0.1) is 5.92 Å². The highest BCUT2D eigenvalue weighted by molar-refractivity contribution is 5.96. The standard InChI is InChI=1S/C25H33N3O3/c1-19(2)18-31-23-13-6-5-12-22(23)27-24(29)17-26-21-11-9-10-20(16-21)25(30)28-14-7-3-4-8-15-28/h5-6,9-13,16,19,26H,3-4,7-8,14-15,17-18H2,1-2H3,(H,27,29). The fraction of sp³-hybridized carbons (Fsp3) is 0.440. The Morgan fingerprint density at radius 3 is 2.48 bits per heavy atom. The van der Waals surface area contributed by atoms with Gasteiger partial charge in [-0.05, 0) is 49.1 Å². The Balaban J connectivity index is 1.56. The zero-order valence-electron chi connectivity index (χ0n) is 18.5. The van der Waals surface area contributed by atoms with Crippen LogP contribution in [0.2, 0.25) is 0 Å². The van der Waals surface area contributed by atoms with Crippen molar-refractivity contribution in [2.75, 3.05) is 36.9 Å². The van der Waals surface area contributed by atoms with E-state index in [4.69, 9.17) is 4.74 Å². The molecule has 0 aromatic heterocycles. The Morgan fingerprint density at radius 1 is 1.00 bits per heavy atom. The van der Waals surface area contributed by atoms with E-state index in [9.17, 15) is 9.59 Å². The Morgan fingerprint density at radius 2 is 1.74 bits per heavy atom. The predicted molar refractivity (Wildman–Crippen MR) is 125 cm³/mol. The molecule has 6 nitrogen and oxygen atoms in total. The van der Waals surface area contributed by atoms with Gasteiger partial charge in [0, 0.05) is 24.3 Å². The summed E-state index contributed by atoms with van der Waals surface area (Å²) in [4.78, 5) is 27.2. The van der Waals surface area contributed by atoms with Gasteiger partial charge in [-0.3, -0.25) is 9.59 Å². The van der Waals surface area contributed by atoms with Crippen molar-refractivity contribution in [1.29, 1.82) is 0 Å². The van der Waals surface area contributed by atoms with Crippen molar-refractivity contribution >= 4 is 23.2 Å². The molecule has 3 rings (SSSR count). The molecule has 0 radical (unpaired) electrons. The predicted octanol–water partition coefficient (Wildman–Crippen LogP) is 4.79. The molecule has 0 saturated carbocycles. The lowest BCUT2D eigenvalue weighted by Gasteiger charge is -2.20. The van der Waals surface area contributed by atoms with Gasteiger partial charge in [0.1, 0.15) is 5.75 Å². The molecule has 0 atom stereocenters. The van der Waals surface area contributed by atoms with Gasteiger partial charge >= 0.3 is 0 Å². The fourth-order valence-corrected chi connectivity index (χ4v) is 3.55. The lowest BCUT2D eigenvalue weighted by molar-refractivity contribution is -0.114. The van der Waals surface area contributed by atoms with Crippen molar-refractivity contribution in [2.45, 2.75) is 39.5 Å². The van der Waals surface area contributed by atoms with Crippen LogP contribution in [0.25, 0.3) is 0 Å². The summed E-state index contributed by atoms with van der Waals surface area (Å²) in [5.74, 6) is 0.945. The second-order valence-corrected chi connectivity index (χ2v) is 8.39. The van der Waals surface area contributed by atoms with E-state index in [0.29, 0.717) is 29.5 Å². The zero-order chi connectivity index (χ0) is 22.1. The minimum Gasteiger partial charge on any atom is -0.491 e. The summed E-state index contributed by atoms with van der Waals surface area (Å²) < 4.78 is 5.79. The molecule has 1 fully saturated rings. The van der Waals surface area contributed by atoms with Crippen LogP contribution < -0.4 is 15.4 Å². The van der Waals surface area contributed by atoms with Crippen molar-refractivity contribution in [1.82, 2.24) is 4.90 Å². The van der Waals surface area contributed by atoms with E-state index in [1.54, 1.807) is 0 Å². The fourth-order valence-electron chi connectivity index (χ4n) is 3.55. The third kappa shape index (κ3) is 7.02. The van der Waals surface area contributed by atoms with Gasteiger partial charge in [-0.15, -0.1) is 0 Å². The Kier molecular flexibility index (Phi) is 8.33. The van der Waals surface area contributed by atoms with E-state index in [1.165, 1.54) is 12.8 Å².